The minimum Gasteiger partial charge on any atom is -0.335 e. The van der Waals surface area contributed by atoms with Gasteiger partial charge in [-0.15, -0.1) is 11.3 Å². The monoisotopic (exact) mass is 274 g/mol. The van der Waals surface area contributed by atoms with Crippen LogP contribution in [0, 0.1) is 0 Å². The second kappa shape index (κ2) is 5.31. The van der Waals surface area contributed by atoms with Crippen LogP contribution in [0.2, 0.25) is 0 Å². The highest BCUT2D eigenvalue weighted by Crippen LogP contribution is 2.27. The zero-order chi connectivity index (χ0) is 13.2. The molecule has 1 unspecified atom stereocenters. The summed E-state index contributed by atoms with van der Waals surface area (Å²) in [5, 5.41) is 6.42. The number of benzene rings is 1. The molecular formula is C15H18N2OS. The summed E-state index contributed by atoms with van der Waals surface area (Å²) in [5.74, 6) is 0.175. The van der Waals surface area contributed by atoms with Crippen molar-refractivity contribution >= 4 is 27.3 Å². The maximum atomic E-state index is 12.7. The molecule has 1 aromatic carbocycles. The highest BCUT2D eigenvalue weighted by atomic mass is 32.1. The summed E-state index contributed by atoms with van der Waals surface area (Å²) < 4.78 is 1.19. The zero-order valence-electron chi connectivity index (χ0n) is 11.1. The van der Waals surface area contributed by atoms with Gasteiger partial charge < -0.3 is 10.2 Å². The normalized spacial score (nSPS) is 18.9. The molecule has 0 saturated carbocycles. The molecule has 100 valence electrons. The Labute approximate surface area is 117 Å². The fourth-order valence-electron chi connectivity index (χ4n) is 2.77. The summed E-state index contributed by atoms with van der Waals surface area (Å²) in [4.78, 5) is 14.8. The van der Waals surface area contributed by atoms with E-state index in [1.54, 1.807) is 11.3 Å². The fourth-order valence-corrected chi connectivity index (χ4v) is 3.71. The van der Waals surface area contributed by atoms with Crippen LogP contribution in [-0.4, -0.2) is 36.5 Å². The Bertz CT molecular complexity index is 587. The molecule has 0 spiro atoms. The molecule has 1 amide bonds. The maximum absolute atomic E-state index is 12.7. The molecule has 1 aliphatic heterocycles. The lowest BCUT2D eigenvalue weighted by atomic mass is 10.1. The minimum absolute atomic E-state index is 0.175. The summed E-state index contributed by atoms with van der Waals surface area (Å²) in [6, 6.07) is 8.48. The molecule has 1 N–H and O–H groups in total. The maximum Gasteiger partial charge on any atom is 0.255 e. The Balaban J connectivity index is 1.93. The van der Waals surface area contributed by atoms with Crippen LogP contribution in [0.25, 0.3) is 10.1 Å². The van der Waals surface area contributed by atoms with Gasteiger partial charge in [0.1, 0.15) is 0 Å². The van der Waals surface area contributed by atoms with Crippen molar-refractivity contribution < 1.29 is 4.79 Å². The van der Waals surface area contributed by atoms with Crippen LogP contribution in [-0.2, 0) is 0 Å². The lowest BCUT2D eigenvalue weighted by molar-refractivity contribution is 0.0706. The number of carbonyl (C=O) groups excluding carboxylic acids is 1. The molecule has 3 rings (SSSR count). The first-order chi connectivity index (χ1) is 9.31. The van der Waals surface area contributed by atoms with E-state index in [2.05, 4.69) is 18.3 Å². The Kier molecular flexibility index (Phi) is 3.53. The average Bonchev–Trinajstić information content (AvgIpc) is 3.08. The van der Waals surface area contributed by atoms with Crippen LogP contribution in [0.5, 0.6) is 0 Å². The molecule has 1 aliphatic rings. The number of nitrogens with one attached hydrogen (secondary N) is 1. The van der Waals surface area contributed by atoms with E-state index < -0.39 is 0 Å². The van der Waals surface area contributed by atoms with Gasteiger partial charge in [0.05, 0.1) is 5.56 Å². The van der Waals surface area contributed by atoms with E-state index in [1.807, 2.05) is 28.5 Å². The first-order valence-electron chi connectivity index (χ1n) is 6.79. The van der Waals surface area contributed by atoms with Crippen LogP contribution in [0.15, 0.2) is 29.6 Å². The van der Waals surface area contributed by atoms with Crippen molar-refractivity contribution in [2.45, 2.75) is 19.4 Å². The number of amides is 1. The highest BCUT2D eigenvalue weighted by molar-refractivity contribution is 7.17. The molecule has 2 heterocycles. The van der Waals surface area contributed by atoms with Gasteiger partial charge in [-0.2, -0.15) is 0 Å². The average molecular weight is 274 g/mol. The van der Waals surface area contributed by atoms with Gasteiger partial charge in [-0.05, 0) is 26.0 Å². The fraction of sp³-hybridized carbons (Fsp3) is 0.400. The van der Waals surface area contributed by atoms with E-state index in [-0.39, 0.29) is 5.91 Å². The minimum atomic E-state index is 0.175. The molecule has 19 heavy (non-hydrogen) atoms. The van der Waals surface area contributed by atoms with Crippen molar-refractivity contribution in [3.63, 3.8) is 0 Å². The number of rotatable bonds is 3. The van der Waals surface area contributed by atoms with Gasteiger partial charge in [0, 0.05) is 34.6 Å². The van der Waals surface area contributed by atoms with Crippen molar-refractivity contribution in [2.75, 3.05) is 19.6 Å². The third kappa shape index (κ3) is 2.26. The predicted molar refractivity (Wildman–Crippen MR) is 79.8 cm³/mol. The Morgan fingerprint density at radius 1 is 1.47 bits per heavy atom. The number of carbonyl (C=O) groups is 1. The number of nitrogens with zero attached hydrogens (tertiary/aromatic N) is 1. The molecular weight excluding hydrogens is 256 g/mol. The van der Waals surface area contributed by atoms with E-state index >= 15 is 0 Å². The van der Waals surface area contributed by atoms with Gasteiger partial charge >= 0.3 is 0 Å². The molecule has 3 nitrogen and oxygen atoms in total. The molecule has 1 atom stereocenters. The van der Waals surface area contributed by atoms with Crippen molar-refractivity contribution in [1.29, 1.82) is 0 Å². The highest BCUT2D eigenvalue weighted by Gasteiger charge is 2.27. The summed E-state index contributed by atoms with van der Waals surface area (Å²) in [6.07, 6.45) is 1.06. The molecule has 1 aromatic heterocycles. The second-order valence-electron chi connectivity index (χ2n) is 4.88. The lowest BCUT2D eigenvalue weighted by Gasteiger charge is -2.27. The first kappa shape index (κ1) is 12.6. The van der Waals surface area contributed by atoms with Crippen molar-refractivity contribution in [3.8, 4) is 0 Å². The molecule has 0 radical (unpaired) electrons. The standard InChI is InChI=1S/C15H18N2OS/c1-2-17(11-7-8-16-9-11)15(18)13-10-19-14-6-4-3-5-12(13)14/h3-6,10-11,16H,2,7-9H2,1H3. The number of likely N-dealkylation sites (N-methyl/N-ethyl adjacent to an activating group) is 1. The molecule has 0 bridgehead atoms. The molecule has 4 heteroatoms. The predicted octanol–water partition coefficient (Wildman–Crippen LogP) is 2.73. The van der Waals surface area contributed by atoms with E-state index in [0.717, 1.165) is 37.0 Å². The second-order valence-corrected chi connectivity index (χ2v) is 5.79. The first-order valence-corrected chi connectivity index (χ1v) is 7.67. The van der Waals surface area contributed by atoms with Crippen LogP contribution >= 0.6 is 11.3 Å². The van der Waals surface area contributed by atoms with Crippen LogP contribution in [0.1, 0.15) is 23.7 Å². The van der Waals surface area contributed by atoms with E-state index in [9.17, 15) is 4.79 Å². The Morgan fingerprint density at radius 3 is 3.05 bits per heavy atom. The Morgan fingerprint density at radius 2 is 2.32 bits per heavy atom. The van der Waals surface area contributed by atoms with Crippen molar-refractivity contribution in [1.82, 2.24) is 10.2 Å². The topological polar surface area (TPSA) is 32.3 Å². The number of hydrogen-bond donors (Lipinski definition) is 1. The third-order valence-corrected chi connectivity index (χ3v) is 4.75. The molecule has 2 aromatic rings. The van der Waals surface area contributed by atoms with Crippen LogP contribution in [0.3, 0.4) is 0 Å². The number of fused-ring (bicyclic) bond motifs is 1. The van der Waals surface area contributed by atoms with E-state index in [0.29, 0.717) is 6.04 Å². The van der Waals surface area contributed by atoms with Crippen molar-refractivity contribution in [2.24, 2.45) is 0 Å². The molecule has 1 saturated heterocycles. The lowest BCUT2D eigenvalue weighted by Crippen LogP contribution is -2.41. The third-order valence-electron chi connectivity index (χ3n) is 3.79. The van der Waals surface area contributed by atoms with E-state index in [4.69, 9.17) is 0 Å². The SMILES string of the molecule is CCN(C(=O)c1csc2ccccc12)C1CCNC1. The smallest absolute Gasteiger partial charge is 0.255 e. The van der Waals surface area contributed by atoms with Gasteiger partial charge in [0.25, 0.3) is 5.91 Å². The van der Waals surface area contributed by atoms with Gasteiger partial charge in [-0.25, -0.2) is 0 Å². The number of thiophene rings is 1. The van der Waals surface area contributed by atoms with Crippen LogP contribution < -0.4 is 5.32 Å². The van der Waals surface area contributed by atoms with Gasteiger partial charge in [0.2, 0.25) is 0 Å². The van der Waals surface area contributed by atoms with Gasteiger partial charge in [-0.1, -0.05) is 18.2 Å². The van der Waals surface area contributed by atoms with Gasteiger partial charge in [0.15, 0.2) is 0 Å². The Hall–Kier alpha value is -1.39. The summed E-state index contributed by atoms with van der Waals surface area (Å²) >= 11 is 1.65. The van der Waals surface area contributed by atoms with Crippen LogP contribution in [0.4, 0.5) is 0 Å². The summed E-state index contributed by atoms with van der Waals surface area (Å²) in [5.41, 5.74) is 0.856. The van der Waals surface area contributed by atoms with E-state index in [1.165, 1.54) is 4.70 Å². The quantitative estimate of drug-likeness (QED) is 0.933. The van der Waals surface area contributed by atoms with Crippen molar-refractivity contribution in [3.05, 3.63) is 35.2 Å². The summed E-state index contributed by atoms with van der Waals surface area (Å²) in [7, 11) is 0. The van der Waals surface area contributed by atoms with Gasteiger partial charge in [-0.3, -0.25) is 4.79 Å². The number of hydrogen-bond acceptors (Lipinski definition) is 3. The largest absolute Gasteiger partial charge is 0.335 e. The summed E-state index contributed by atoms with van der Waals surface area (Å²) in [6.45, 7) is 4.76. The molecule has 0 aliphatic carbocycles. The molecule has 1 fully saturated rings. The zero-order valence-corrected chi connectivity index (χ0v) is 11.9.